The number of nitrogens with one attached hydrogen (secondary N) is 1. The molecule has 2 unspecified atom stereocenters. The zero-order valence-electron chi connectivity index (χ0n) is 12.7. The fourth-order valence-electron chi connectivity index (χ4n) is 2.92. The maximum Gasteiger partial charge on any atom is 0.135 e. The zero-order valence-corrected chi connectivity index (χ0v) is 14.2. The van der Waals surface area contributed by atoms with E-state index in [0.717, 1.165) is 28.4 Å². The Hall–Kier alpha value is -0.740. The standard InChI is InChI=1S/C16H25BrN2O/c1-4-19-9-5-6-13(11-19)12(2)18-14-7-8-15(17)16(10-14)20-3/h7-8,10,12-13,18H,4-6,9,11H2,1-3H3. The summed E-state index contributed by atoms with van der Waals surface area (Å²) in [6.07, 6.45) is 2.63. The van der Waals surface area contributed by atoms with Crippen molar-refractivity contribution in [3.05, 3.63) is 22.7 Å². The maximum atomic E-state index is 5.35. The van der Waals surface area contributed by atoms with Gasteiger partial charge in [-0.15, -0.1) is 0 Å². The first kappa shape index (κ1) is 15.6. The summed E-state index contributed by atoms with van der Waals surface area (Å²) in [5.74, 6) is 1.60. The molecule has 3 nitrogen and oxygen atoms in total. The molecule has 1 aromatic carbocycles. The van der Waals surface area contributed by atoms with E-state index in [-0.39, 0.29) is 0 Å². The van der Waals surface area contributed by atoms with Gasteiger partial charge in [-0.1, -0.05) is 6.92 Å². The van der Waals surface area contributed by atoms with Crippen LogP contribution < -0.4 is 10.1 Å². The topological polar surface area (TPSA) is 24.5 Å². The van der Waals surface area contributed by atoms with E-state index < -0.39 is 0 Å². The van der Waals surface area contributed by atoms with E-state index in [0.29, 0.717) is 6.04 Å². The van der Waals surface area contributed by atoms with Crippen molar-refractivity contribution in [3.8, 4) is 5.75 Å². The van der Waals surface area contributed by atoms with Crippen molar-refractivity contribution in [2.24, 2.45) is 5.92 Å². The van der Waals surface area contributed by atoms with Gasteiger partial charge in [0.05, 0.1) is 11.6 Å². The summed E-state index contributed by atoms with van der Waals surface area (Å²) in [5, 5.41) is 3.63. The quantitative estimate of drug-likeness (QED) is 0.876. The predicted octanol–water partition coefficient (Wildman–Crippen LogP) is 3.99. The summed E-state index contributed by atoms with van der Waals surface area (Å²) >= 11 is 3.49. The smallest absolute Gasteiger partial charge is 0.135 e. The number of nitrogens with zero attached hydrogens (tertiary/aromatic N) is 1. The number of hydrogen-bond donors (Lipinski definition) is 1. The second kappa shape index (κ2) is 7.32. The number of benzene rings is 1. The Bertz CT molecular complexity index is 438. The number of piperidine rings is 1. The van der Waals surface area contributed by atoms with Crippen LogP contribution in [0.3, 0.4) is 0 Å². The number of ether oxygens (including phenoxy) is 1. The number of likely N-dealkylation sites (tertiary alicyclic amines) is 1. The van der Waals surface area contributed by atoms with Crippen molar-refractivity contribution in [1.82, 2.24) is 4.90 Å². The van der Waals surface area contributed by atoms with Crippen molar-refractivity contribution in [2.75, 3.05) is 32.1 Å². The van der Waals surface area contributed by atoms with Gasteiger partial charge in [-0.3, -0.25) is 0 Å². The second-order valence-electron chi connectivity index (χ2n) is 5.58. The van der Waals surface area contributed by atoms with E-state index >= 15 is 0 Å². The van der Waals surface area contributed by atoms with Gasteiger partial charge in [-0.2, -0.15) is 0 Å². The highest BCUT2D eigenvalue weighted by molar-refractivity contribution is 9.10. The summed E-state index contributed by atoms with van der Waals surface area (Å²) in [6.45, 7) is 8.16. The molecule has 20 heavy (non-hydrogen) atoms. The lowest BCUT2D eigenvalue weighted by Crippen LogP contribution is -2.41. The molecule has 2 rings (SSSR count). The molecule has 4 heteroatoms. The molecule has 112 valence electrons. The Balaban J connectivity index is 1.98. The number of halogens is 1. The van der Waals surface area contributed by atoms with Crippen molar-refractivity contribution in [3.63, 3.8) is 0 Å². The fraction of sp³-hybridized carbons (Fsp3) is 0.625. The van der Waals surface area contributed by atoms with Crippen LogP contribution in [0.25, 0.3) is 0 Å². The number of rotatable bonds is 5. The van der Waals surface area contributed by atoms with Crippen molar-refractivity contribution in [1.29, 1.82) is 0 Å². The van der Waals surface area contributed by atoms with Crippen LogP contribution in [0.5, 0.6) is 5.75 Å². The van der Waals surface area contributed by atoms with E-state index in [1.165, 1.54) is 25.9 Å². The molecule has 0 aliphatic carbocycles. The lowest BCUT2D eigenvalue weighted by molar-refractivity contribution is 0.172. The normalized spacial score (nSPS) is 21.5. The largest absolute Gasteiger partial charge is 0.495 e. The van der Waals surface area contributed by atoms with Gasteiger partial charge in [0.1, 0.15) is 5.75 Å². The molecule has 0 aromatic heterocycles. The molecule has 1 aromatic rings. The van der Waals surface area contributed by atoms with Gasteiger partial charge >= 0.3 is 0 Å². The summed E-state index contributed by atoms with van der Waals surface area (Å²) < 4.78 is 6.35. The summed E-state index contributed by atoms with van der Waals surface area (Å²) in [7, 11) is 1.70. The molecular weight excluding hydrogens is 316 g/mol. The molecule has 0 radical (unpaired) electrons. The maximum absolute atomic E-state index is 5.35. The first-order valence-electron chi connectivity index (χ1n) is 7.46. The molecule has 1 saturated heterocycles. The Kier molecular flexibility index (Phi) is 5.73. The van der Waals surface area contributed by atoms with Gasteiger partial charge in [0.15, 0.2) is 0 Å². The van der Waals surface area contributed by atoms with Crippen LogP contribution in [0.1, 0.15) is 26.7 Å². The van der Waals surface area contributed by atoms with Crippen LogP contribution >= 0.6 is 15.9 Å². The number of methoxy groups -OCH3 is 1. The molecule has 1 fully saturated rings. The van der Waals surface area contributed by atoms with E-state index in [2.05, 4.69) is 52.1 Å². The van der Waals surface area contributed by atoms with Crippen LogP contribution in [0.2, 0.25) is 0 Å². The zero-order chi connectivity index (χ0) is 14.5. The van der Waals surface area contributed by atoms with Crippen molar-refractivity contribution >= 4 is 21.6 Å². The summed E-state index contributed by atoms with van der Waals surface area (Å²) in [4.78, 5) is 2.55. The minimum absolute atomic E-state index is 0.482. The highest BCUT2D eigenvalue weighted by Crippen LogP contribution is 2.29. The van der Waals surface area contributed by atoms with E-state index in [1.54, 1.807) is 7.11 Å². The average molecular weight is 341 g/mol. The third-order valence-corrected chi connectivity index (χ3v) is 4.90. The SMILES string of the molecule is CCN1CCCC(C(C)Nc2ccc(Br)c(OC)c2)C1. The van der Waals surface area contributed by atoms with E-state index in [1.807, 2.05) is 6.07 Å². The molecule has 2 atom stereocenters. The highest BCUT2D eigenvalue weighted by atomic mass is 79.9. The van der Waals surface area contributed by atoms with Crippen LogP contribution in [-0.2, 0) is 0 Å². The van der Waals surface area contributed by atoms with E-state index in [9.17, 15) is 0 Å². The minimum atomic E-state index is 0.482. The Morgan fingerprint density at radius 1 is 1.50 bits per heavy atom. The number of anilines is 1. The molecule has 0 spiro atoms. The highest BCUT2D eigenvalue weighted by Gasteiger charge is 2.23. The number of hydrogen-bond acceptors (Lipinski definition) is 3. The summed E-state index contributed by atoms with van der Waals surface area (Å²) in [6, 6.07) is 6.67. The Morgan fingerprint density at radius 2 is 2.30 bits per heavy atom. The molecule has 1 aliphatic rings. The molecule has 1 aliphatic heterocycles. The van der Waals surface area contributed by atoms with Gasteiger partial charge in [0, 0.05) is 24.3 Å². The summed E-state index contributed by atoms with van der Waals surface area (Å²) in [5.41, 5.74) is 1.13. The van der Waals surface area contributed by atoms with Crippen molar-refractivity contribution < 1.29 is 4.74 Å². The van der Waals surface area contributed by atoms with Gasteiger partial charge in [-0.25, -0.2) is 0 Å². The predicted molar refractivity (Wildman–Crippen MR) is 88.6 cm³/mol. The molecule has 0 amide bonds. The monoisotopic (exact) mass is 340 g/mol. The Morgan fingerprint density at radius 3 is 3.00 bits per heavy atom. The molecule has 1 heterocycles. The van der Waals surface area contributed by atoms with Crippen LogP contribution in [0, 0.1) is 5.92 Å². The lowest BCUT2D eigenvalue weighted by atomic mass is 9.91. The van der Waals surface area contributed by atoms with Crippen LogP contribution in [0.4, 0.5) is 5.69 Å². The van der Waals surface area contributed by atoms with E-state index in [4.69, 9.17) is 4.74 Å². The second-order valence-corrected chi connectivity index (χ2v) is 6.43. The molecular formula is C16H25BrN2O. The fourth-order valence-corrected chi connectivity index (χ4v) is 3.33. The minimum Gasteiger partial charge on any atom is -0.495 e. The molecule has 0 saturated carbocycles. The molecule has 0 bridgehead atoms. The third-order valence-electron chi connectivity index (χ3n) is 4.24. The Labute approximate surface area is 130 Å². The third kappa shape index (κ3) is 3.89. The van der Waals surface area contributed by atoms with Gasteiger partial charge < -0.3 is 15.0 Å². The van der Waals surface area contributed by atoms with Crippen LogP contribution in [-0.4, -0.2) is 37.7 Å². The first-order chi connectivity index (χ1) is 9.63. The van der Waals surface area contributed by atoms with Gasteiger partial charge in [0.2, 0.25) is 0 Å². The lowest BCUT2D eigenvalue weighted by Gasteiger charge is -2.35. The van der Waals surface area contributed by atoms with Crippen molar-refractivity contribution in [2.45, 2.75) is 32.7 Å². The van der Waals surface area contributed by atoms with Crippen LogP contribution in [0.15, 0.2) is 22.7 Å². The average Bonchev–Trinajstić information content (AvgIpc) is 2.49. The molecule has 1 N–H and O–H groups in total. The van der Waals surface area contributed by atoms with Gasteiger partial charge in [0.25, 0.3) is 0 Å². The van der Waals surface area contributed by atoms with Gasteiger partial charge in [-0.05, 0) is 66.8 Å². The first-order valence-corrected chi connectivity index (χ1v) is 8.25.